The molecule has 0 radical (unpaired) electrons. The number of methoxy groups -OCH3 is 1. The van der Waals surface area contributed by atoms with Crippen molar-refractivity contribution < 1.29 is 13.7 Å². The molecule has 0 aromatic heterocycles. The maximum Gasteiger partial charge on any atom is 0.120 e. The Kier molecular flexibility index (Phi) is 5.63. The Balaban J connectivity index is 1.84. The largest absolute Gasteiger partial charge is 0.497 e. The molecule has 0 heterocycles. The fourth-order valence-corrected chi connectivity index (χ4v) is 3.02. The lowest BCUT2D eigenvalue weighted by Gasteiger charge is -2.09. The van der Waals surface area contributed by atoms with Crippen molar-refractivity contribution in [2.24, 2.45) is 0 Å². The highest BCUT2D eigenvalue weighted by Crippen LogP contribution is 2.23. The van der Waals surface area contributed by atoms with Gasteiger partial charge in [-0.15, -0.1) is 0 Å². The minimum Gasteiger partial charge on any atom is -0.497 e. The van der Waals surface area contributed by atoms with Crippen molar-refractivity contribution in [3.63, 3.8) is 0 Å². The number of nitrogen functional groups attached to an aromatic ring is 1. The molecule has 0 aliphatic rings. The van der Waals surface area contributed by atoms with E-state index in [4.69, 9.17) is 15.2 Å². The molecule has 0 fully saturated rings. The van der Waals surface area contributed by atoms with Crippen molar-refractivity contribution in [3.8, 4) is 11.5 Å². The summed E-state index contributed by atoms with van der Waals surface area (Å²) in [5.41, 5.74) is 6.39. The molecular weight excluding hydrogens is 286 g/mol. The van der Waals surface area contributed by atoms with Crippen LogP contribution >= 0.6 is 0 Å². The lowest BCUT2D eigenvalue weighted by molar-refractivity contribution is 0.318. The van der Waals surface area contributed by atoms with Crippen LogP contribution in [0.15, 0.2) is 53.4 Å². The lowest BCUT2D eigenvalue weighted by atomic mass is 10.3. The minimum atomic E-state index is -1.15. The van der Waals surface area contributed by atoms with E-state index in [-0.39, 0.29) is 0 Å². The highest BCUT2D eigenvalue weighted by Gasteiger charge is 2.09. The molecule has 0 aliphatic carbocycles. The number of benzene rings is 2. The Morgan fingerprint density at radius 2 is 1.86 bits per heavy atom. The minimum absolute atomic E-state index is 0.504. The summed E-state index contributed by atoms with van der Waals surface area (Å²) in [5, 5.41) is 0. The standard InChI is InChI=1S/C16H19NO3S/c1-19-14-8-9-15(17)16(12-14)21(18)11-5-10-20-13-6-3-2-4-7-13/h2-4,6-9,12H,5,10-11,17H2,1H3. The third kappa shape index (κ3) is 4.49. The summed E-state index contributed by atoms with van der Waals surface area (Å²) in [7, 11) is 0.426. The van der Waals surface area contributed by atoms with Gasteiger partial charge >= 0.3 is 0 Å². The fourth-order valence-electron chi connectivity index (χ4n) is 1.85. The number of ether oxygens (including phenoxy) is 2. The quantitative estimate of drug-likeness (QED) is 0.631. The van der Waals surface area contributed by atoms with Gasteiger partial charge in [-0.1, -0.05) is 18.2 Å². The number of anilines is 1. The molecule has 0 saturated carbocycles. The van der Waals surface area contributed by atoms with Crippen LogP contribution in [0.4, 0.5) is 5.69 Å². The molecule has 0 bridgehead atoms. The molecule has 2 rings (SSSR count). The summed E-state index contributed by atoms with van der Waals surface area (Å²) in [6, 6.07) is 14.8. The van der Waals surface area contributed by atoms with Crippen LogP contribution in [-0.2, 0) is 10.8 Å². The predicted octanol–water partition coefficient (Wildman–Crippen LogP) is 2.85. The molecule has 2 aromatic carbocycles. The van der Waals surface area contributed by atoms with Gasteiger partial charge in [0, 0.05) is 11.4 Å². The first kappa shape index (κ1) is 15.4. The van der Waals surface area contributed by atoms with E-state index < -0.39 is 10.8 Å². The summed E-state index contributed by atoms with van der Waals surface area (Å²) >= 11 is 0. The molecule has 0 aliphatic heterocycles. The summed E-state index contributed by atoms with van der Waals surface area (Å²) in [6.45, 7) is 0.527. The van der Waals surface area contributed by atoms with Crippen LogP contribution in [0.5, 0.6) is 11.5 Å². The molecule has 2 aromatic rings. The Morgan fingerprint density at radius 1 is 1.10 bits per heavy atom. The average molecular weight is 305 g/mol. The predicted molar refractivity (Wildman–Crippen MR) is 85.2 cm³/mol. The van der Waals surface area contributed by atoms with Gasteiger partial charge in [0.1, 0.15) is 11.5 Å². The van der Waals surface area contributed by atoms with Crippen molar-refractivity contribution in [2.45, 2.75) is 11.3 Å². The van der Waals surface area contributed by atoms with Crippen molar-refractivity contribution in [1.82, 2.24) is 0 Å². The fraction of sp³-hybridized carbons (Fsp3) is 0.250. The number of hydrogen-bond donors (Lipinski definition) is 1. The molecule has 0 saturated heterocycles. The number of para-hydroxylation sites is 1. The van der Waals surface area contributed by atoms with Gasteiger partial charge in [-0.2, -0.15) is 0 Å². The van der Waals surface area contributed by atoms with Crippen molar-refractivity contribution in [2.75, 3.05) is 25.2 Å². The third-order valence-electron chi connectivity index (χ3n) is 2.95. The molecule has 0 amide bonds. The van der Waals surface area contributed by atoms with Crippen LogP contribution in [0, 0.1) is 0 Å². The van der Waals surface area contributed by atoms with Crippen molar-refractivity contribution in [1.29, 1.82) is 0 Å². The van der Waals surface area contributed by atoms with E-state index in [9.17, 15) is 4.21 Å². The molecule has 112 valence electrons. The molecule has 21 heavy (non-hydrogen) atoms. The molecule has 4 nitrogen and oxygen atoms in total. The van der Waals surface area contributed by atoms with Gasteiger partial charge in [0.05, 0.1) is 29.4 Å². The number of rotatable bonds is 7. The number of nitrogens with two attached hydrogens (primary N) is 1. The third-order valence-corrected chi connectivity index (χ3v) is 4.46. The topological polar surface area (TPSA) is 61.5 Å². The van der Waals surface area contributed by atoms with Gasteiger partial charge in [-0.25, -0.2) is 0 Å². The van der Waals surface area contributed by atoms with Gasteiger partial charge in [0.15, 0.2) is 0 Å². The highest BCUT2D eigenvalue weighted by atomic mass is 32.2. The summed E-state index contributed by atoms with van der Waals surface area (Å²) < 4.78 is 23.0. The van der Waals surface area contributed by atoms with E-state index in [0.717, 1.165) is 5.75 Å². The van der Waals surface area contributed by atoms with Gasteiger partial charge < -0.3 is 15.2 Å². The SMILES string of the molecule is COc1ccc(N)c(S(=O)CCCOc2ccccc2)c1. The molecule has 1 unspecified atom stereocenters. The van der Waals surface area contributed by atoms with Crippen LogP contribution in [-0.4, -0.2) is 23.7 Å². The van der Waals surface area contributed by atoms with Crippen LogP contribution in [0.2, 0.25) is 0 Å². The average Bonchev–Trinajstić information content (AvgIpc) is 2.53. The zero-order valence-corrected chi connectivity index (χ0v) is 12.8. The Morgan fingerprint density at radius 3 is 2.57 bits per heavy atom. The van der Waals surface area contributed by atoms with E-state index >= 15 is 0 Å². The van der Waals surface area contributed by atoms with E-state index in [1.807, 2.05) is 30.3 Å². The zero-order chi connectivity index (χ0) is 15.1. The van der Waals surface area contributed by atoms with E-state index in [2.05, 4.69) is 0 Å². The maximum absolute atomic E-state index is 12.3. The maximum atomic E-state index is 12.3. The van der Waals surface area contributed by atoms with Crippen LogP contribution in [0.25, 0.3) is 0 Å². The molecule has 1 atom stereocenters. The summed E-state index contributed by atoms with van der Waals surface area (Å²) in [5.74, 6) is 1.99. The number of hydrogen-bond acceptors (Lipinski definition) is 4. The molecular formula is C16H19NO3S. The van der Waals surface area contributed by atoms with Crippen LogP contribution < -0.4 is 15.2 Å². The van der Waals surface area contributed by atoms with Crippen molar-refractivity contribution in [3.05, 3.63) is 48.5 Å². The Labute approximate surface area is 127 Å². The monoisotopic (exact) mass is 305 g/mol. The van der Waals surface area contributed by atoms with Gasteiger partial charge in [-0.05, 0) is 36.8 Å². The van der Waals surface area contributed by atoms with Crippen LogP contribution in [0.1, 0.15) is 6.42 Å². The van der Waals surface area contributed by atoms with E-state index in [1.54, 1.807) is 25.3 Å². The lowest BCUT2D eigenvalue weighted by Crippen LogP contribution is -2.07. The van der Waals surface area contributed by atoms with Crippen molar-refractivity contribution >= 4 is 16.5 Å². The zero-order valence-electron chi connectivity index (χ0n) is 12.0. The van der Waals surface area contributed by atoms with Gasteiger partial charge in [-0.3, -0.25) is 4.21 Å². The first-order valence-electron chi connectivity index (χ1n) is 6.70. The normalized spacial score (nSPS) is 11.9. The molecule has 2 N–H and O–H groups in total. The first-order chi connectivity index (χ1) is 10.2. The first-order valence-corrected chi connectivity index (χ1v) is 8.02. The van der Waals surface area contributed by atoms with E-state index in [0.29, 0.717) is 35.1 Å². The second-order valence-corrected chi connectivity index (χ2v) is 6.01. The van der Waals surface area contributed by atoms with E-state index in [1.165, 1.54) is 0 Å². The van der Waals surface area contributed by atoms with Gasteiger partial charge in [0.2, 0.25) is 0 Å². The Hall–Kier alpha value is -2.01. The summed E-state index contributed by atoms with van der Waals surface area (Å²) in [6.07, 6.45) is 0.693. The van der Waals surface area contributed by atoms with Gasteiger partial charge in [0.25, 0.3) is 0 Å². The molecule has 0 spiro atoms. The Bertz CT molecular complexity index is 602. The smallest absolute Gasteiger partial charge is 0.120 e. The molecule has 5 heteroatoms. The highest BCUT2D eigenvalue weighted by molar-refractivity contribution is 7.85. The second kappa shape index (κ2) is 7.69. The summed E-state index contributed by atoms with van der Waals surface area (Å²) in [4.78, 5) is 0.620. The second-order valence-electron chi connectivity index (χ2n) is 4.47. The van der Waals surface area contributed by atoms with Crippen LogP contribution in [0.3, 0.4) is 0 Å².